The Morgan fingerprint density at radius 3 is 2.65 bits per heavy atom. The molecule has 0 aliphatic heterocycles. The number of aliphatic hydroxyl groups is 1. The third-order valence-electron chi connectivity index (χ3n) is 2.21. The van der Waals surface area contributed by atoms with Crippen molar-refractivity contribution in [1.29, 1.82) is 0 Å². The molecule has 0 aliphatic rings. The van der Waals surface area contributed by atoms with Crippen molar-refractivity contribution in [1.82, 2.24) is 5.32 Å². The number of aliphatic hydroxyl groups excluding tert-OH is 1. The zero-order valence-corrected chi connectivity index (χ0v) is 10.2. The van der Waals surface area contributed by atoms with Crippen LogP contribution in [0.3, 0.4) is 0 Å². The van der Waals surface area contributed by atoms with Crippen LogP contribution in [0.4, 0.5) is 0 Å². The van der Waals surface area contributed by atoms with Crippen molar-refractivity contribution in [3.63, 3.8) is 0 Å². The highest BCUT2D eigenvalue weighted by Gasteiger charge is 2.16. The maximum absolute atomic E-state index is 11.8. The van der Waals surface area contributed by atoms with Crippen LogP contribution in [0.15, 0.2) is 18.2 Å². The molecular weight excluding hydrogens is 222 g/mol. The summed E-state index contributed by atoms with van der Waals surface area (Å²) in [4.78, 5) is 11.8. The summed E-state index contributed by atoms with van der Waals surface area (Å²) in [6, 6.07) is 5.06. The van der Waals surface area contributed by atoms with Crippen molar-refractivity contribution in [3.05, 3.63) is 23.8 Å². The Kier molecular flexibility index (Phi) is 4.78. The predicted molar refractivity (Wildman–Crippen MR) is 63.6 cm³/mol. The second-order valence-electron chi connectivity index (χ2n) is 3.60. The van der Waals surface area contributed by atoms with E-state index >= 15 is 0 Å². The number of hydrogen-bond acceptors (Lipinski definition) is 4. The van der Waals surface area contributed by atoms with E-state index in [2.05, 4.69) is 5.32 Å². The average Bonchev–Trinajstić information content (AvgIpc) is 2.34. The van der Waals surface area contributed by atoms with E-state index in [9.17, 15) is 4.79 Å². The fourth-order valence-electron chi connectivity index (χ4n) is 1.40. The Bertz CT molecular complexity index is 390. The first-order valence-electron chi connectivity index (χ1n) is 5.27. The Balaban J connectivity index is 2.92. The second-order valence-corrected chi connectivity index (χ2v) is 3.60. The van der Waals surface area contributed by atoms with Crippen LogP contribution < -0.4 is 14.8 Å². The van der Waals surface area contributed by atoms with Gasteiger partial charge in [0.1, 0.15) is 0 Å². The van der Waals surface area contributed by atoms with Crippen LogP contribution in [0, 0.1) is 0 Å². The first kappa shape index (κ1) is 13.3. The van der Waals surface area contributed by atoms with Gasteiger partial charge >= 0.3 is 0 Å². The van der Waals surface area contributed by atoms with Gasteiger partial charge in [0.2, 0.25) is 0 Å². The minimum absolute atomic E-state index is 0.194. The number of amides is 1. The molecule has 0 saturated heterocycles. The van der Waals surface area contributed by atoms with E-state index in [1.807, 2.05) is 0 Å². The van der Waals surface area contributed by atoms with E-state index in [1.54, 1.807) is 25.1 Å². The van der Waals surface area contributed by atoms with Crippen LogP contribution in [-0.4, -0.2) is 37.9 Å². The van der Waals surface area contributed by atoms with Gasteiger partial charge in [-0.25, -0.2) is 0 Å². The number of hydrogen-bond donors (Lipinski definition) is 2. The summed E-state index contributed by atoms with van der Waals surface area (Å²) in [6.45, 7) is 1.79. The van der Waals surface area contributed by atoms with Crippen LogP contribution >= 0.6 is 0 Å². The maximum Gasteiger partial charge on any atom is 0.255 e. The number of rotatable bonds is 5. The summed E-state index contributed by atoms with van der Waals surface area (Å²) in [5, 5.41) is 11.7. The number of ether oxygens (including phenoxy) is 2. The lowest BCUT2D eigenvalue weighted by atomic mass is 10.1. The number of benzene rings is 1. The monoisotopic (exact) mass is 239 g/mol. The molecule has 2 N–H and O–H groups in total. The zero-order valence-electron chi connectivity index (χ0n) is 10.2. The molecule has 0 bridgehead atoms. The average molecular weight is 239 g/mol. The lowest BCUT2D eigenvalue weighted by molar-refractivity contribution is 0.0920. The molecule has 1 aromatic rings. The van der Waals surface area contributed by atoms with Crippen LogP contribution in [0.25, 0.3) is 0 Å². The molecule has 94 valence electrons. The normalized spacial score (nSPS) is 11.8. The van der Waals surface area contributed by atoms with Gasteiger partial charge in [-0.1, -0.05) is 6.07 Å². The largest absolute Gasteiger partial charge is 0.493 e. The summed E-state index contributed by atoms with van der Waals surface area (Å²) in [7, 11) is 2.98. The van der Waals surface area contributed by atoms with E-state index in [4.69, 9.17) is 14.6 Å². The minimum Gasteiger partial charge on any atom is -0.493 e. The van der Waals surface area contributed by atoms with Crippen LogP contribution in [-0.2, 0) is 0 Å². The van der Waals surface area contributed by atoms with Gasteiger partial charge < -0.3 is 19.9 Å². The highest BCUT2D eigenvalue weighted by atomic mass is 16.5. The first-order valence-corrected chi connectivity index (χ1v) is 5.27. The van der Waals surface area contributed by atoms with Gasteiger partial charge in [-0.15, -0.1) is 0 Å². The van der Waals surface area contributed by atoms with Crippen molar-refractivity contribution in [2.45, 2.75) is 13.0 Å². The smallest absolute Gasteiger partial charge is 0.255 e. The Labute approximate surface area is 100 Å². The molecule has 1 aromatic carbocycles. The highest BCUT2D eigenvalue weighted by molar-refractivity contribution is 5.97. The zero-order chi connectivity index (χ0) is 12.8. The maximum atomic E-state index is 11.8. The lowest BCUT2D eigenvalue weighted by Gasteiger charge is -2.13. The lowest BCUT2D eigenvalue weighted by Crippen LogP contribution is -2.30. The number of nitrogens with one attached hydrogen (secondary N) is 1. The summed E-state index contributed by atoms with van der Waals surface area (Å²) in [5.74, 6) is 0.580. The summed E-state index contributed by atoms with van der Waals surface area (Å²) in [6.07, 6.45) is -0.587. The van der Waals surface area contributed by atoms with Crippen molar-refractivity contribution in [2.24, 2.45) is 0 Å². The molecule has 0 aliphatic carbocycles. The van der Waals surface area contributed by atoms with Crippen molar-refractivity contribution in [2.75, 3.05) is 20.8 Å². The molecule has 1 rings (SSSR count). The third-order valence-corrected chi connectivity index (χ3v) is 2.21. The molecule has 0 unspecified atom stereocenters. The molecule has 0 fully saturated rings. The molecule has 0 aromatic heterocycles. The van der Waals surface area contributed by atoms with E-state index in [0.717, 1.165) is 0 Å². The number of carbonyl (C=O) groups excluding carboxylic acids is 1. The summed E-state index contributed by atoms with van der Waals surface area (Å²) < 4.78 is 10.2. The molecular formula is C12H17NO4. The summed E-state index contributed by atoms with van der Waals surface area (Å²) in [5.41, 5.74) is 0.382. The van der Waals surface area contributed by atoms with E-state index in [-0.39, 0.29) is 12.5 Å². The van der Waals surface area contributed by atoms with Gasteiger partial charge in [0.05, 0.1) is 25.9 Å². The number of carbonyl (C=O) groups is 1. The second kappa shape index (κ2) is 6.10. The Morgan fingerprint density at radius 1 is 1.41 bits per heavy atom. The van der Waals surface area contributed by atoms with Gasteiger partial charge in [0.25, 0.3) is 5.91 Å². The Hall–Kier alpha value is -1.75. The van der Waals surface area contributed by atoms with Crippen LogP contribution in [0.5, 0.6) is 11.5 Å². The van der Waals surface area contributed by atoms with Crippen molar-refractivity contribution < 1.29 is 19.4 Å². The minimum atomic E-state index is -0.587. The van der Waals surface area contributed by atoms with Gasteiger partial charge in [-0.3, -0.25) is 4.79 Å². The predicted octanol–water partition coefficient (Wildman–Crippen LogP) is 0.814. The molecule has 1 amide bonds. The van der Waals surface area contributed by atoms with Gasteiger partial charge in [0, 0.05) is 6.54 Å². The third kappa shape index (κ3) is 3.35. The van der Waals surface area contributed by atoms with Crippen LogP contribution in [0.1, 0.15) is 17.3 Å². The first-order chi connectivity index (χ1) is 8.10. The van der Waals surface area contributed by atoms with Gasteiger partial charge in [-0.05, 0) is 19.1 Å². The SMILES string of the molecule is COc1cccc(C(=O)NC[C@H](C)O)c1OC. The molecule has 5 heteroatoms. The van der Waals surface area contributed by atoms with Crippen molar-refractivity contribution >= 4 is 5.91 Å². The molecule has 1 atom stereocenters. The van der Waals surface area contributed by atoms with E-state index in [1.165, 1.54) is 14.2 Å². The van der Waals surface area contributed by atoms with Crippen LogP contribution in [0.2, 0.25) is 0 Å². The topological polar surface area (TPSA) is 67.8 Å². The van der Waals surface area contributed by atoms with E-state index < -0.39 is 6.10 Å². The summed E-state index contributed by atoms with van der Waals surface area (Å²) >= 11 is 0. The number of methoxy groups -OCH3 is 2. The highest BCUT2D eigenvalue weighted by Crippen LogP contribution is 2.30. The molecule has 0 spiro atoms. The molecule has 0 radical (unpaired) electrons. The quantitative estimate of drug-likeness (QED) is 0.798. The molecule has 17 heavy (non-hydrogen) atoms. The van der Waals surface area contributed by atoms with Gasteiger partial charge in [-0.2, -0.15) is 0 Å². The molecule has 0 saturated carbocycles. The fraction of sp³-hybridized carbons (Fsp3) is 0.417. The van der Waals surface area contributed by atoms with E-state index in [0.29, 0.717) is 17.1 Å². The number of para-hydroxylation sites is 1. The molecule has 5 nitrogen and oxygen atoms in total. The molecule has 0 heterocycles. The standard InChI is InChI=1S/C12H17NO4/c1-8(14)7-13-12(15)9-5-4-6-10(16-2)11(9)17-3/h4-6,8,14H,7H2,1-3H3,(H,13,15)/t8-/m0/s1. The Morgan fingerprint density at radius 2 is 2.12 bits per heavy atom. The van der Waals surface area contributed by atoms with Gasteiger partial charge in [0.15, 0.2) is 11.5 Å². The fourth-order valence-corrected chi connectivity index (χ4v) is 1.40. The van der Waals surface area contributed by atoms with Crippen molar-refractivity contribution in [3.8, 4) is 11.5 Å².